The van der Waals surface area contributed by atoms with Gasteiger partial charge in [0.05, 0.1) is 19.5 Å². The van der Waals surface area contributed by atoms with Crippen molar-refractivity contribution in [3.63, 3.8) is 0 Å². The Bertz CT molecular complexity index is 991. The molecule has 2 heterocycles. The van der Waals surface area contributed by atoms with Crippen molar-refractivity contribution >= 4 is 21.6 Å². The number of quaternary nitrogens is 1. The molecule has 3 aromatic rings. The van der Waals surface area contributed by atoms with Crippen LogP contribution >= 0.6 is 11.3 Å². The fourth-order valence-electron chi connectivity index (χ4n) is 3.48. The number of fused-ring (bicyclic) bond motifs is 1. The van der Waals surface area contributed by atoms with Gasteiger partial charge in [-0.3, -0.25) is 4.79 Å². The number of nitrogens with zero attached hydrogens (tertiary/aromatic N) is 1. The maximum Gasteiger partial charge on any atom is 0.260 e. The third kappa shape index (κ3) is 4.62. The summed E-state index contributed by atoms with van der Waals surface area (Å²) in [5.74, 6) is 2.18. The zero-order valence-electron chi connectivity index (χ0n) is 17.4. The van der Waals surface area contributed by atoms with Gasteiger partial charge in [-0.05, 0) is 49.1 Å². The summed E-state index contributed by atoms with van der Waals surface area (Å²) in [6.45, 7) is 8.06. The van der Waals surface area contributed by atoms with Gasteiger partial charge in [0, 0.05) is 10.4 Å². The first kappa shape index (κ1) is 20.6. The Hall–Kier alpha value is -2.18. The monoisotopic (exact) mass is 400 g/mol. The van der Waals surface area contributed by atoms with Crippen LogP contribution in [0.15, 0.2) is 29.1 Å². The average molecular weight is 401 g/mol. The Morgan fingerprint density at radius 3 is 2.61 bits per heavy atom. The topological polar surface area (TPSA) is 59.4 Å². The molecule has 0 aliphatic carbocycles. The average Bonchev–Trinajstić information content (AvgIpc) is 2.97. The maximum absolute atomic E-state index is 12.8. The van der Waals surface area contributed by atoms with Crippen molar-refractivity contribution in [2.75, 3.05) is 14.2 Å². The van der Waals surface area contributed by atoms with Crippen LogP contribution in [0, 0.1) is 12.8 Å². The minimum Gasteiger partial charge on any atom is -0.497 e. The molecule has 0 bridgehead atoms. The van der Waals surface area contributed by atoms with Crippen molar-refractivity contribution in [1.29, 1.82) is 0 Å². The first-order valence-electron chi connectivity index (χ1n) is 9.86. The maximum atomic E-state index is 12.8. The van der Waals surface area contributed by atoms with Crippen molar-refractivity contribution < 1.29 is 9.64 Å². The van der Waals surface area contributed by atoms with Crippen LogP contribution in [0.1, 0.15) is 42.1 Å². The van der Waals surface area contributed by atoms with E-state index in [-0.39, 0.29) is 5.56 Å². The van der Waals surface area contributed by atoms with E-state index < -0.39 is 0 Å². The fourth-order valence-corrected chi connectivity index (χ4v) is 4.55. The Kier molecular flexibility index (Phi) is 6.52. The highest BCUT2D eigenvalue weighted by Gasteiger charge is 2.18. The van der Waals surface area contributed by atoms with Gasteiger partial charge in [0.25, 0.3) is 5.56 Å². The van der Waals surface area contributed by atoms with Gasteiger partial charge in [0.15, 0.2) is 5.82 Å². The zero-order chi connectivity index (χ0) is 20.3. The van der Waals surface area contributed by atoms with Crippen LogP contribution in [0.3, 0.4) is 0 Å². The number of H-pyrrole nitrogens is 1. The molecule has 0 aliphatic rings. The van der Waals surface area contributed by atoms with Crippen molar-refractivity contribution in [3.05, 3.63) is 56.4 Å². The van der Waals surface area contributed by atoms with Gasteiger partial charge in [0.1, 0.15) is 23.7 Å². The van der Waals surface area contributed by atoms with Crippen molar-refractivity contribution in [2.45, 2.75) is 46.7 Å². The summed E-state index contributed by atoms with van der Waals surface area (Å²) < 4.78 is 5.21. The van der Waals surface area contributed by atoms with E-state index in [0.29, 0.717) is 12.5 Å². The lowest BCUT2D eigenvalue weighted by molar-refractivity contribution is -0.908. The summed E-state index contributed by atoms with van der Waals surface area (Å²) in [5.41, 5.74) is 2.40. The summed E-state index contributed by atoms with van der Waals surface area (Å²) in [5, 5.41) is 0.791. The number of aromatic nitrogens is 2. The lowest BCUT2D eigenvalue weighted by atomic mass is 9.98. The molecule has 0 fully saturated rings. The number of hydrogen-bond acceptors (Lipinski definition) is 4. The number of aryl methyl sites for hydroxylation is 1. The number of nitrogens with one attached hydrogen (secondary N) is 2. The predicted molar refractivity (Wildman–Crippen MR) is 115 cm³/mol. The third-order valence-corrected chi connectivity index (χ3v) is 6.34. The summed E-state index contributed by atoms with van der Waals surface area (Å²) in [7, 11) is 3.79. The Balaban J connectivity index is 1.79. The van der Waals surface area contributed by atoms with E-state index in [9.17, 15) is 4.79 Å². The molecular formula is C22H30N3O2S+. The molecule has 0 saturated carbocycles. The van der Waals surface area contributed by atoms with E-state index >= 15 is 0 Å². The molecule has 28 heavy (non-hydrogen) atoms. The van der Waals surface area contributed by atoms with Gasteiger partial charge in [-0.1, -0.05) is 20.3 Å². The molecule has 1 unspecified atom stereocenters. The second-order valence-corrected chi connectivity index (χ2v) is 8.91. The molecular weight excluding hydrogens is 370 g/mol. The second kappa shape index (κ2) is 8.88. The largest absolute Gasteiger partial charge is 0.497 e. The smallest absolute Gasteiger partial charge is 0.260 e. The quantitative estimate of drug-likeness (QED) is 0.611. The van der Waals surface area contributed by atoms with Gasteiger partial charge in [-0.15, -0.1) is 11.3 Å². The number of aromatic amines is 1. The van der Waals surface area contributed by atoms with E-state index in [0.717, 1.165) is 41.2 Å². The Morgan fingerprint density at radius 2 is 1.96 bits per heavy atom. The first-order valence-corrected chi connectivity index (χ1v) is 10.7. The number of methoxy groups -OCH3 is 1. The fraction of sp³-hybridized carbons (Fsp3) is 0.455. The van der Waals surface area contributed by atoms with Crippen LogP contribution in [0.25, 0.3) is 10.2 Å². The van der Waals surface area contributed by atoms with E-state index in [2.05, 4.69) is 44.9 Å². The Morgan fingerprint density at radius 1 is 1.25 bits per heavy atom. The van der Waals surface area contributed by atoms with Gasteiger partial charge in [-0.25, -0.2) is 4.98 Å². The lowest BCUT2D eigenvalue weighted by Gasteiger charge is -2.14. The highest BCUT2D eigenvalue weighted by atomic mass is 32.1. The SMILES string of the molecule is CC[C@@H](C)Cc1c(C)sc2nc(C[NH+](C)Cc3ccc(OC)cc3)[nH]c(=O)c12. The number of hydrogen-bond donors (Lipinski definition) is 2. The van der Waals surface area contributed by atoms with Crippen molar-refractivity contribution in [1.82, 2.24) is 9.97 Å². The molecule has 5 nitrogen and oxygen atoms in total. The summed E-state index contributed by atoms with van der Waals surface area (Å²) in [4.78, 5) is 24.0. The minimum absolute atomic E-state index is 0.0000921. The summed E-state index contributed by atoms with van der Waals surface area (Å²) >= 11 is 1.64. The number of ether oxygens (including phenoxy) is 1. The summed E-state index contributed by atoms with van der Waals surface area (Å²) in [6.07, 6.45) is 2.05. The molecule has 2 aromatic heterocycles. The van der Waals surface area contributed by atoms with Gasteiger partial charge in [0.2, 0.25) is 0 Å². The van der Waals surface area contributed by atoms with Gasteiger partial charge in [-0.2, -0.15) is 0 Å². The molecule has 0 saturated heterocycles. The number of benzene rings is 1. The molecule has 1 aromatic carbocycles. The molecule has 0 radical (unpaired) electrons. The van der Waals surface area contributed by atoms with Crippen molar-refractivity contribution in [3.8, 4) is 5.75 Å². The minimum atomic E-state index is -0.0000921. The molecule has 0 aliphatic heterocycles. The standard InChI is InChI=1S/C22H29N3O2S/c1-6-14(2)11-18-15(3)28-22-20(18)21(26)23-19(24-22)13-25(4)12-16-7-9-17(27-5)10-8-16/h7-10,14H,6,11-13H2,1-5H3,(H,23,24,26)/p+1/t14-/m1/s1. The predicted octanol–water partition coefficient (Wildman–Crippen LogP) is 3.11. The molecule has 3 rings (SSSR count). The van der Waals surface area contributed by atoms with Gasteiger partial charge >= 0.3 is 0 Å². The first-order chi connectivity index (χ1) is 13.4. The molecule has 6 heteroatoms. The van der Waals surface area contributed by atoms with Crippen LogP contribution in [0.4, 0.5) is 0 Å². The molecule has 2 atom stereocenters. The van der Waals surface area contributed by atoms with E-state index in [4.69, 9.17) is 9.72 Å². The normalized spacial score (nSPS) is 13.6. The van der Waals surface area contributed by atoms with E-state index in [1.807, 2.05) is 12.1 Å². The highest BCUT2D eigenvalue weighted by Crippen LogP contribution is 2.29. The molecule has 0 spiro atoms. The second-order valence-electron chi connectivity index (χ2n) is 7.71. The van der Waals surface area contributed by atoms with Crippen LogP contribution in [-0.4, -0.2) is 24.1 Å². The molecule has 150 valence electrons. The van der Waals surface area contributed by atoms with Crippen LogP contribution in [-0.2, 0) is 19.5 Å². The van der Waals surface area contributed by atoms with Gasteiger partial charge < -0.3 is 14.6 Å². The van der Waals surface area contributed by atoms with Crippen molar-refractivity contribution in [2.24, 2.45) is 5.92 Å². The zero-order valence-corrected chi connectivity index (χ0v) is 18.2. The third-order valence-electron chi connectivity index (χ3n) is 5.30. The lowest BCUT2D eigenvalue weighted by Crippen LogP contribution is -3.06. The van der Waals surface area contributed by atoms with Crippen LogP contribution in [0.5, 0.6) is 5.75 Å². The molecule has 0 amide bonds. The van der Waals surface area contributed by atoms with E-state index in [1.54, 1.807) is 18.4 Å². The number of thiophene rings is 1. The van der Waals surface area contributed by atoms with Crippen LogP contribution in [0.2, 0.25) is 0 Å². The number of rotatable bonds is 8. The van der Waals surface area contributed by atoms with Crippen LogP contribution < -0.4 is 15.2 Å². The molecule has 2 N–H and O–H groups in total. The highest BCUT2D eigenvalue weighted by molar-refractivity contribution is 7.18. The summed E-state index contributed by atoms with van der Waals surface area (Å²) in [6, 6.07) is 8.10. The Labute approximate surface area is 170 Å². The van der Waals surface area contributed by atoms with E-state index in [1.165, 1.54) is 20.9 Å².